The first-order chi connectivity index (χ1) is 13.0. The normalized spacial score (nSPS) is 15.5. The number of benzene rings is 2. The fourth-order valence-electron chi connectivity index (χ4n) is 3.02. The number of para-hydroxylation sites is 1. The van der Waals surface area contributed by atoms with Gasteiger partial charge in [-0.25, -0.2) is 8.42 Å². The summed E-state index contributed by atoms with van der Waals surface area (Å²) in [6.45, 7) is 2.25. The number of piperazine rings is 1. The van der Waals surface area contributed by atoms with Gasteiger partial charge >= 0.3 is 0 Å². The third kappa shape index (κ3) is 5.22. The van der Waals surface area contributed by atoms with Crippen LogP contribution >= 0.6 is 11.6 Å². The second-order valence-corrected chi connectivity index (χ2v) is 8.83. The van der Waals surface area contributed by atoms with Gasteiger partial charge in [0.1, 0.15) is 0 Å². The molecule has 0 atom stereocenters. The van der Waals surface area contributed by atoms with Crippen LogP contribution in [0.2, 0.25) is 5.02 Å². The van der Waals surface area contributed by atoms with Crippen LogP contribution < -0.4 is 10.2 Å². The average Bonchev–Trinajstić information content (AvgIpc) is 2.68. The number of amides is 1. The van der Waals surface area contributed by atoms with Crippen LogP contribution in [0.4, 0.5) is 5.69 Å². The molecule has 0 aromatic heterocycles. The summed E-state index contributed by atoms with van der Waals surface area (Å²) in [6, 6.07) is 16.5. The van der Waals surface area contributed by atoms with Crippen molar-refractivity contribution in [1.29, 1.82) is 0 Å². The monoisotopic (exact) mass is 407 g/mol. The molecule has 0 unspecified atom stereocenters. The Morgan fingerprint density at radius 2 is 1.70 bits per heavy atom. The summed E-state index contributed by atoms with van der Waals surface area (Å²) in [5.74, 6) is -0.452. The minimum atomic E-state index is -3.41. The van der Waals surface area contributed by atoms with Gasteiger partial charge in [0, 0.05) is 49.0 Å². The molecule has 1 fully saturated rings. The third-order valence-electron chi connectivity index (χ3n) is 4.49. The highest BCUT2D eigenvalue weighted by Gasteiger charge is 2.26. The molecule has 6 nitrogen and oxygen atoms in total. The number of carbonyl (C=O) groups excluding carboxylic acids is 1. The van der Waals surface area contributed by atoms with E-state index < -0.39 is 10.0 Å². The Labute approximate surface area is 164 Å². The van der Waals surface area contributed by atoms with Gasteiger partial charge in [0.2, 0.25) is 10.0 Å². The smallest absolute Gasteiger partial charge is 0.251 e. The molecule has 1 saturated heterocycles. The van der Waals surface area contributed by atoms with Crippen LogP contribution in [-0.2, 0) is 10.0 Å². The van der Waals surface area contributed by atoms with Crippen molar-refractivity contribution in [1.82, 2.24) is 9.62 Å². The zero-order valence-electron chi connectivity index (χ0n) is 14.8. The van der Waals surface area contributed by atoms with E-state index >= 15 is 0 Å². The molecule has 0 radical (unpaired) electrons. The highest BCUT2D eigenvalue weighted by Crippen LogP contribution is 2.17. The van der Waals surface area contributed by atoms with Crippen molar-refractivity contribution >= 4 is 33.2 Å². The quantitative estimate of drug-likeness (QED) is 0.797. The lowest BCUT2D eigenvalue weighted by molar-refractivity contribution is 0.0956. The molecule has 8 heteroatoms. The highest BCUT2D eigenvalue weighted by atomic mass is 35.5. The largest absolute Gasteiger partial charge is 0.369 e. The number of hydrogen-bond donors (Lipinski definition) is 1. The zero-order chi connectivity index (χ0) is 19.3. The maximum Gasteiger partial charge on any atom is 0.251 e. The molecule has 1 N–H and O–H groups in total. The molecule has 0 spiro atoms. The van der Waals surface area contributed by atoms with E-state index in [1.807, 2.05) is 30.3 Å². The van der Waals surface area contributed by atoms with E-state index in [-0.39, 0.29) is 18.2 Å². The number of nitrogens with one attached hydrogen (secondary N) is 1. The molecule has 2 aromatic carbocycles. The minimum Gasteiger partial charge on any atom is -0.369 e. The Bertz CT molecular complexity index is 882. The average molecular weight is 408 g/mol. The molecule has 0 bridgehead atoms. The molecule has 2 aromatic rings. The number of hydrogen-bond acceptors (Lipinski definition) is 4. The number of carbonyl (C=O) groups is 1. The molecule has 0 aliphatic carbocycles. The summed E-state index contributed by atoms with van der Waals surface area (Å²) in [6.07, 6.45) is 0. The van der Waals surface area contributed by atoms with Gasteiger partial charge in [-0.05, 0) is 30.3 Å². The van der Waals surface area contributed by atoms with Crippen molar-refractivity contribution in [2.45, 2.75) is 0 Å². The standard InChI is InChI=1S/C19H22ClN3O3S/c20-17-6-4-5-16(15-17)19(24)21-9-14-27(25,26)23-12-10-22(11-13-23)18-7-2-1-3-8-18/h1-8,15H,9-14H2,(H,21,24). The van der Waals surface area contributed by atoms with Gasteiger partial charge in [0.05, 0.1) is 5.75 Å². The van der Waals surface area contributed by atoms with E-state index in [4.69, 9.17) is 11.6 Å². The van der Waals surface area contributed by atoms with Crippen molar-refractivity contribution in [3.8, 4) is 0 Å². The Kier molecular flexibility index (Phi) is 6.36. The first-order valence-electron chi connectivity index (χ1n) is 8.77. The van der Waals surface area contributed by atoms with Gasteiger partial charge in [-0.15, -0.1) is 0 Å². The molecule has 144 valence electrons. The first kappa shape index (κ1) is 19.7. The van der Waals surface area contributed by atoms with Gasteiger partial charge in [-0.1, -0.05) is 35.9 Å². The molecular weight excluding hydrogens is 386 g/mol. The minimum absolute atomic E-state index is 0.0621. The van der Waals surface area contributed by atoms with Crippen molar-refractivity contribution < 1.29 is 13.2 Å². The molecule has 3 rings (SSSR count). The van der Waals surface area contributed by atoms with Crippen LogP contribution in [-0.4, -0.2) is 57.1 Å². The van der Waals surface area contributed by atoms with Crippen LogP contribution in [0.15, 0.2) is 54.6 Å². The molecule has 1 aliphatic rings. The van der Waals surface area contributed by atoms with Crippen LogP contribution in [0.1, 0.15) is 10.4 Å². The topological polar surface area (TPSA) is 69.7 Å². The fraction of sp³-hybridized carbons (Fsp3) is 0.316. The summed E-state index contributed by atoms with van der Waals surface area (Å²) in [4.78, 5) is 14.2. The summed E-state index contributed by atoms with van der Waals surface area (Å²) < 4.78 is 26.6. The summed E-state index contributed by atoms with van der Waals surface area (Å²) >= 11 is 5.87. The van der Waals surface area contributed by atoms with Gasteiger partial charge in [-0.2, -0.15) is 4.31 Å². The maximum atomic E-state index is 12.5. The lowest BCUT2D eigenvalue weighted by Gasteiger charge is -2.35. The highest BCUT2D eigenvalue weighted by molar-refractivity contribution is 7.89. The molecule has 1 aliphatic heterocycles. The summed E-state index contributed by atoms with van der Waals surface area (Å²) in [5, 5.41) is 3.11. The van der Waals surface area contributed by atoms with Gasteiger partial charge < -0.3 is 10.2 Å². The first-order valence-corrected chi connectivity index (χ1v) is 10.8. The predicted octanol–water partition coefficient (Wildman–Crippen LogP) is 2.22. The van der Waals surface area contributed by atoms with Crippen molar-refractivity contribution in [3.05, 3.63) is 65.2 Å². The predicted molar refractivity (Wildman–Crippen MR) is 108 cm³/mol. The summed E-state index contributed by atoms with van der Waals surface area (Å²) in [5.41, 5.74) is 1.51. The molecule has 1 amide bonds. The van der Waals surface area contributed by atoms with Gasteiger partial charge in [0.25, 0.3) is 5.91 Å². The van der Waals surface area contributed by atoms with Crippen LogP contribution in [0, 0.1) is 0 Å². The number of halogens is 1. The van der Waals surface area contributed by atoms with Gasteiger partial charge in [0.15, 0.2) is 0 Å². The number of nitrogens with zero attached hydrogens (tertiary/aromatic N) is 2. The molecule has 1 heterocycles. The number of sulfonamides is 1. The van der Waals surface area contributed by atoms with Gasteiger partial charge in [-0.3, -0.25) is 4.79 Å². The van der Waals surface area contributed by atoms with E-state index in [0.717, 1.165) is 5.69 Å². The second kappa shape index (κ2) is 8.73. The molecule has 27 heavy (non-hydrogen) atoms. The zero-order valence-corrected chi connectivity index (χ0v) is 16.4. The van der Waals surface area contributed by atoms with Crippen LogP contribution in [0.25, 0.3) is 0 Å². The lowest BCUT2D eigenvalue weighted by Crippen LogP contribution is -2.50. The van der Waals surface area contributed by atoms with Crippen molar-refractivity contribution in [2.75, 3.05) is 43.4 Å². The van der Waals surface area contributed by atoms with E-state index in [2.05, 4.69) is 10.2 Å². The fourth-order valence-corrected chi connectivity index (χ4v) is 4.55. The second-order valence-electron chi connectivity index (χ2n) is 6.30. The molecule has 0 saturated carbocycles. The Morgan fingerprint density at radius 1 is 1.00 bits per heavy atom. The van der Waals surface area contributed by atoms with E-state index in [0.29, 0.717) is 36.8 Å². The Morgan fingerprint density at radius 3 is 2.37 bits per heavy atom. The van der Waals surface area contributed by atoms with E-state index in [1.165, 1.54) is 4.31 Å². The Balaban J connectivity index is 1.48. The van der Waals surface area contributed by atoms with Crippen LogP contribution in [0.5, 0.6) is 0 Å². The van der Waals surface area contributed by atoms with Crippen molar-refractivity contribution in [2.24, 2.45) is 0 Å². The lowest BCUT2D eigenvalue weighted by atomic mass is 10.2. The third-order valence-corrected chi connectivity index (χ3v) is 6.59. The SMILES string of the molecule is O=C(NCCS(=O)(=O)N1CCN(c2ccccc2)CC1)c1cccc(Cl)c1. The maximum absolute atomic E-state index is 12.5. The van der Waals surface area contributed by atoms with E-state index in [9.17, 15) is 13.2 Å². The Hall–Kier alpha value is -2.09. The number of rotatable bonds is 6. The van der Waals surface area contributed by atoms with Crippen LogP contribution in [0.3, 0.4) is 0 Å². The van der Waals surface area contributed by atoms with Crippen molar-refractivity contribution in [3.63, 3.8) is 0 Å². The molecular formula is C19H22ClN3O3S. The van der Waals surface area contributed by atoms with E-state index in [1.54, 1.807) is 24.3 Å². The summed E-state index contributed by atoms with van der Waals surface area (Å²) in [7, 11) is -3.41. The number of anilines is 1.